The highest BCUT2D eigenvalue weighted by atomic mass is 79.9. The van der Waals surface area contributed by atoms with E-state index in [1.165, 1.54) is 12.1 Å². The Kier molecular flexibility index (Phi) is 8.02. The number of hydrogen-bond donors (Lipinski definition) is 1. The van der Waals surface area contributed by atoms with E-state index in [0.717, 1.165) is 10.5 Å². The van der Waals surface area contributed by atoms with Crippen LogP contribution in [0.2, 0.25) is 0 Å². The molecule has 5 rings (SSSR count). The molecule has 0 atom stereocenters. The van der Waals surface area contributed by atoms with Crippen molar-refractivity contribution in [1.82, 2.24) is 5.32 Å². The second kappa shape index (κ2) is 12.0. The Morgan fingerprint density at radius 1 is 0.825 bits per heavy atom. The van der Waals surface area contributed by atoms with Crippen molar-refractivity contribution in [2.24, 2.45) is 0 Å². The highest BCUT2D eigenvalue weighted by Gasteiger charge is 2.36. The monoisotopic (exact) mass is 600 g/mol. The van der Waals surface area contributed by atoms with E-state index in [9.17, 15) is 18.8 Å². The second-order valence-corrected chi connectivity index (χ2v) is 9.65. The molecule has 40 heavy (non-hydrogen) atoms. The minimum atomic E-state index is -0.844. The quantitative estimate of drug-likeness (QED) is 0.186. The summed E-state index contributed by atoms with van der Waals surface area (Å²) in [5.41, 5.74) is 2.00. The van der Waals surface area contributed by atoms with E-state index in [0.29, 0.717) is 33.7 Å². The lowest BCUT2D eigenvalue weighted by atomic mass is 10.1. The van der Waals surface area contributed by atoms with Crippen molar-refractivity contribution < 1.29 is 28.2 Å². The fourth-order valence-electron chi connectivity index (χ4n) is 3.99. The summed E-state index contributed by atoms with van der Waals surface area (Å²) in [5, 5.41) is 2.22. The fourth-order valence-corrected chi connectivity index (χ4v) is 4.50. The summed E-state index contributed by atoms with van der Waals surface area (Å²) in [4.78, 5) is 39.3. The molecule has 0 bridgehead atoms. The molecule has 4 amide bonds. The molecule has 0 unspecified atom stereocenters. The third-order valence-electron chi connectivity index (χ3n) is 6.05. The zero-order chi connectivity index (χ0) is 28.1. The summed E-state index contributed by atoms with van der Waals surface area (Å²) < 4.78 is 25.9. The van der Waals surface area contributed by atoms with Crippen LogP contribution in [0.1, 0.15) is 16.7 Å². The normalized spacial score (nSPS) is 14.3. The number of carbonyl (C=O) groups excluding carboxylic acids is 3. The lowest BCUT2D eigenvalue weighted by Crippen LogP contribution is -2.54. The number of nitrogens with zero attached hydrogens (tertiary/aromatic N) is 1. The van der Waals surface area contributed by atoms with E-state index in [1.54, 1.807) is 60.7 Å². The number of benzene rings is 4. The summed E-state index contributed by atoms with van der Waals surface area (Å²) in [5.74, 6) is -0.911. The number of halogens is 2. The van der Waals surface area contributed by atoms with Gasteiger partial charge in [-0.25, -0.2) is 14.1 Å². The first-order chi connectivity index (χ1) is 19.4. The zero-order valence-electron chi connectivity index (χ0n) is 21.0. The van der Waals surface area contributed by atoms with Gasteiger partial charge in [0, 0.05) is 5.56 Å². The van der Waals surface area contributed by atoms with Gasteiger partial charge in [0.1, 0.15) is 36.1 Å². The molecule has 1 heterocycles. The molecule has 4 aromatic rings. The molecule has 1 saturated heterocycles. The van der Waals surface area contributed by atoms with E-state index in [4.69, 9.17) is 9.47 Å². The molecule has 1 aliphatic rings. The van der Waals surface area contributed by atoms with Crippen molar-refractivity contribution in [2.45, 2.75) is 13.2 Å². The molecule has 4 aromatic carbocycles. The van der Waals surface area contributed by atoms with Crippen LogP contribution in [0.15, 0.2) is 107 Å². The summed E-state index contributed by atoms with van der Waals surface area (Å²) in [6.07, 6.45) is 1.39. The van der Waals surface area contributed by atoms with Crippen molar-refractivity contribution in [1.29, 1.82) is 0 Å². The molecular weight excluding hydrogens is 579 g/mol. The van der Waals surface area contributed by atoms with Crippen molar-refractivity contribution in [3.8, 4) is 11.5 Å². The van der Waals surface area contributed by atoms with Crippen LogP contribution in [-0.2, 0) is 22.8 Å². The van der Waals surface area contributed by atoms with Crippen LogP contribution in [0.4, 0.5) is 14.9 Å². The van der Waals surface area contributed by atoms with Crippen LogP contribution in [0.3, 0.4) is 0 Å². The number of anilines is 1. The van der Waals surface area contributed by atoms with Crippen molar-refractivity contribution >= 4 is 45.5 Å². The van der Waals surface area contributed by atoms with E-state index in [2.05, 4.69) is 21.2 Å². The summed E-state index contributed by atoms with van der Waals surface area (Å²) in [6.45, 7) is 0.396. The van der Waals surface area contributed by atoms with Gasteiger partial charge in [-0.3, -0.25) is 14.9 Å². The van der Waals surface area contributed by atoms with Crippen LogP contribution < -0.4 is 19.7 Å². The molecular formula is C31H22BrFN2O5. The van der Waals surface area contributed by atoms with Gasteiger partial charge in [-0.1, -0.05) is 54.6 Å². The first-order valence-electron chi connectivity index (χ1n) is 12.2. The number of barbiturate groups is 1. The number of ether oxygens (including phenoxy) is 2. The third-order valence-corrected chi connectivity index (χ3v) is 6.67. The SMILES string of the molecule is O=C1NC(=O)N(c2ccc(OCc3ccccc3)cc2)C(=O)/C1=C/c1ccc(OCc2ccccc2F)c(Br)c1. The summed E-state index contributed by atoms with van der Waals surface area (Å²) in [7, 11) is 0. The van der Waals surface area contributed by atoms with Crippen LogP contribution >= 0.6 is 15.9 Å². The zero-order valence-corrected chi connectivity index (χ0v) is 22.6. The van der Waals surface area contributed by atoms with Gasteiger partial charge in [-0.05, 0) is 75.6 Å². The van der Waals surface area contributed by atoms with Crippen molar-refractivity contribution in [3.63, 3.8) is 0 Å². The van der Waals surface area contributed by atoms with Gasteiger partial charge in [0.25, 0.3) is 11.8 Å². The minimum Gasteiger partial charge on any atom is -0.489 e. The molecule has 0 saturated carbocycles. The topological polar surface area (TPSA) is 84.9 Å². The lowest BCUT2D eigenvalue weighted by Gasteiger charge is -2.26. The third kappa shape index (κ3) is 6.10. The van der Waals surface area contributed by atoms with Gasteiger partial charge in [0.15, 0.2) is 0 Å². The number of amides is 4. The van der Waals surface area contributed by atoms with E-state index in [-0.39, 0.29) is 23.7 Å². The molecule has 9 heteroatoms. The lowest BCUT2D eigenvalue weighted by molar-refractivity contribution is -0.122. The molecule has 7 nitrogen and oxygen atoms in total. The van der Waals surface area contributed by atoms with Crippen molar-refractivity contribution in [3.05, 3.63) is 130 Å². The standard InChI is InChI=1S/C31H22BrFN2O5/c32-26-17-21(10-15-28(26)40-19-22-8-4-5-9-27(22)33)16-25-29(36)34-31(38)35(30(25)37)23-11-13-24(14-12-23)39-18-20-6-2-1-3-7-20/h1-17H,18-19H2,(H,34,36,38)/b25-16+. The maximum Gasteiger partial charge on any atom is 0.335 e. The van der Waals surface area contributed by atoms with Crippen LogP contribution in [0.25, 0.3) is 6.08 Å². The molecule has 1 fully saturated rings. The van der Waals surface area contributed by atoms with Crippen LogP contribution in [0.5, 0.6) is 11.5 Å². The number of urea groups is 1. The Balaban J connectivity index is 1.30. The number of rotatable bonds is 8. The minimum absolute atomic E-state index is 0.0275. The largest absolute Gasteiger partial charge is 0.489 e. The van der Waals surface area contributed by atoms with Crippen molar-refractivity contribution in [2.75, 3.05) is 4.90 Å². The summed E-state index contributed by atoms with van der Waals surface area (Å²) in [6, 6.07) is 26.5. The van der Waals surface area contributed by atoms with E-state index in [1.807, 2.05) is 30.3 Å². The van der Waals surface area contributed by atoms with Gasteiger partial charge in [-0.2, -0.15) is 0 Å². The average molecular weight is 601 g/mol. The number of imide groups is 2. The smallest absolute Gasteiger partial charge is 0.335 e. The van der Waals surface area contributed by atoms with Gasteiger partial charge in [0.05, 0.1) is 10.2 Å². The van der Waals surface area contributed by atoms with Crippen LogP contribution in [0, 0.1) is 5.82 Å². The molecule has 1 aliphatic heterocycles. The Morgan fingerprint density at radius 2 is 1.55 bits per heavy atom. The predicted octanol–water partition coefficient (Wildman–Crippen LogP) is 6.41. The van der Waals surface area contributed by atoms with Gasteiger partial charge < -0.3 is 9.47 Å². The molecule has 0 aliphatic carbocycles. The number of nitrogens with one attached hydrogen (secondary N) is 1. The molecule has 0 radical (unpaired) electrons. The number of carbonyl (C=O) groups is 3. The maximum absolute atomic E-state index is 13.9. The Morgan fingerprint density at radius 3 is 2.27 bits per heavy atom. The first-order valence-corrected chi connectivity index (χ1v) is 13.0. The van der Waals surface area contributed by atoms with Crippen LogP contribution in [-0.4, -0.2) is 17.8 Å². The Hall–Kier alpha value is -4.76. The first kappa shape index (κ1) is 26.8. The highest BCUT2D eigenvalue weighted by Crippen LogP contribution is 2.29. The van der Waals surface area contributed by atoms with E-state index < -0.39 is 17.8 Å². The summed E-state index contributed by atoms with van der Waals surface area (Å²) >= 11 is 3.42. The van der Waals surface area contributed by atoms with E-state index >= 15 is 0 Å². The highest BCUT2D eigenvalue weighted by molar-refractivity contribution is 9.10. The molecule has 1 N–H and O–H groups in total. The van der Waals surface area contributed by atoms with Gasteiger partial charge in [-0.15, -0.1) is 0 Å². The van der Waals surface area contributed by atoms with Gasteiger partial charge in [0.2, 0.25) is 0 Å². The second-order valence-electron chi connectivity index (χ2n) is 8.80. The Labute approximate surface area is 238 Å². The predicted molar refractivity (Wildman–Crippen MR) is 151 cm³/mol. The molecule has 200 valence electrons. The molecule has 0 spiro atoms. The molecule has 0 aromatic heterocycles. The number of hydrogen-bond acceptors (Lipinski definition) is 5. The maximum atomic E-state index is 13.9. The van der Waals surface area contributed by atoms with Gasteiger partial charge >= 0.3 is 6.03 Å². The Bertz CT molecular complexity index is 1610. The fraction of sp³-hybridized carbons (Fsp3) is 0.0645. The average Bonchev–Trinajstić information content (AvgIpc) is 2.95.